The van der Waals surface area contributed by atoms with Gasteiger partial charge < -0.3 is 13.9 Å². The van der Waals surface area contributed by atoms with E-state index in [4.69, 9.17) is 13.9 Å². The number of amides is 1. The molecule has 0 aliphatic heterocycles. The van der Waals surface area contributed by atoms with Gasteiger partial charge in [-0.2, -0.15) is 0 Å². The number of hydrogen-bond acceptors (Lipinski definition) is 6. The number of methoxy groups -OCH3 is 1. The predicted molar refractivity (Wildman–Crippen MR) is 96.3 cm³/mol. The third kappa shape index (κ3) is 4.38. The topological polar surface area (TPSA) is 86.5 Å². The summed E-state index contributed by atoms with van der Waals surface area (Å²) in [6.07, 6.45) is 0. The van der Waals surface area contributed by atoms with E-state index in [1.807, 2.05) is 26.0 Å². The van der Waals surface area contributed by atoms with E-state index in [1.54, 1.807) is 31.4 Å². The van der Waals surface area contributed by atoms with E-state index < -0.39 is 5.91 Å². The molecule has 0 saturated heterocycles. The van der Waals surface area contributed by atoms with Crippen LogP contribution in [-0.2, 0) is 4.79 Å². The molecule has 134 valence electrons. The van der Waals surface area contributed by atoms with Crippen LogP contribution in [0.25, 0.3) is 11.5 Å². The Kier molecular flexibility index (Phi) is 5.17. The summed E-state index contributed by atoms with van der Waals surface area (Å²) in [4.78, 5) is 12.0. The second kappa shape index (κ2) is 7.69. The fourth-order valence-electron chi connectivity index (χ4n) is 2.48. The highest BCUT2D eigenvalue weighted by molar-refractivity contribution is 5.89. The maximum Gasteiger partial charge on any atom is 0.322 e. The zero-order valence-corrected chi connectivity index (χ0v) is 14.8. The molecule has 0 unspecified atom stereocenters. The van der Waals surface area contributed by atoms with Crippen LogP contribution in [0, 0.1) is 13.8 Å². The molecule has 0 fully saturated rings. The van der Waals surface area contributed by atoms with Crippen LogP contribution in [0.3, 0.4) is 0 Å². The smallest absolute Gasteiger partial charge is 0.322 e. The Labute approximate surface area is 151 Å². The molecule has 7 nitrogen and oxygen atoms in total. The number of nitrogens with zero attached hydrogens (tertiary/aromatic N) is 2. The number of anilines is 1. The Morgan fingerprint density at radius 2 is 1.81 bits per heavy atom. The summed E-state index contributed by atoms with van der Waals surface area (Å²) in [6.45, 7) is 3.80. The summed E-state index contributed by atoms with van der Waals surface area (Å²) in [5.41, 5.74) is 2.99. The maximum absolute atomic E-state index is 12.0. The molecule has 0 aliphatic carbocycles. The highest BCUT2D eigenvalue weighted by atomic mass is 16.5. The van der Waals surface area contributed by atoms with E-state index in [2.05, 4.69) is 21.6 Å². The Morgan fingerprint density at radius 3 is 2.54 bits per heavy atom. The minimum absolute atomic E-state index is 0.0263. The average molecular weight is 353 g/mol. The lowest BCUT2D eigenvalue weighted by Gasteiger charge is -2.06. The number of benzene rings is 2. The van der Waals surface area contributed by atoms with Crippen molar-refractivity contribution in [3.63, 3.8) is 0 Å². The van der Waals surface area contributed by atoms with Gasteiger partial charge in [-0.3, -0.25) is 10.1 Å². The van der Waals surface area contributed by atoms with Crippen LogP contribution >= 0.6 is 0 Å². The van der Waals surface area contributed by atoms with Crippen LogP contribution in [0.1, 0.15) is 11.1 Å². The summed E-state index contributed by atoms with van der Waals surface area (Å²) in [5.74, 6) is 1.13. The number of nitrogens with one attached hydrogen (secondary N) is 1. The lowest BCUT2D eigenvalue weighted by molar-refractivity contribution is -0.118. The SMILES string of the molecule is COc1cccc(OCC(=O)Nc2nnc(-c3cc(C)cc(C)c3)o2)c1. The van der Waals surface area contributed by atoms with Gasteiger partial charge in [-0.25, -0.2) is 0 Å². The van der Waals surface area contributed by atoms with Gasteiger partial charge in [0.15, 0.2) is 6.61 Å². The van der Waals surface area contributed by atoms with Gasteiger partial charge in [0.1, 0.15) is 11.5 Å². The summed E-state index contributed by atoms with van der Waals surface area (Å²) < 4.78 is 16.0. The molecule has 7 heteroatoms. The third-order valence-corrected chi connectivity index (χ3v) is 3.55. The Balaban J connectivity index is 1.60. The van der Waals surface area contributed by atoms with Crippen molar-refractivity contribution < 1.29 is 18.7 Å². The van der Waals surface area contributed by atoms with Crippen molar-refractivity contribution in [3.05, 3.63) is 53.6 Å². The zero-order chi connectivity index (χ0) is 18.5. The van der Waals surface area contributed by atoms with Crippen molar-refractivity contribution in [2.24, 2.45) is 0 Å². The molecule has 1 N–H and O–H groups in total. The second-order valence-corrected chi connectivity index (χ2v) is 5.80. The Hall–Kier alpha value is -3.35. The van der Waals surface area contributed by atoms with Gasteiger partial charge >= 0.3 is 6.01 Å². The van der Waals surface area contributed by atoms with E-state index in [-0.39, 0.29) is 12.6 Å². The largest absolute Gasteiger partial charge is 0.497 e. The van der Waals surface area contributed by atoms with Crippen molar-refractivity contribution in [2.45, 2.75) is 13.8 Å². The summed E-state index contributed by atoms with van der Waals surface area (Å²) in [6, 6.07) is 13.0. The first-order valence-corrected chi connectivity index (χ1v) is 8.02. The van der Waals surface area contributed by atoms with Crippen LogP contribution in [-0.4, -0.2) is 29.8 Å². The molecule has 0 atom stereocenters. The lowest BCUT2D eigenvalue weighted by Crippen LogP contribution is -2.20. The van der Waals surface area contributed by atoms with Gasteiger partial charge in [-0.1, -0.05) is 28.4 Å². The zero-order valence-electron chi connectivity index (χ0n) is 14.8. The van der Waals surface area contributed by atoms with Crippen molar-refractivity contribution in [1.82, 2.24) is 10.2 Å². The third-order valence-electron chi connectivity index (χ3n) is 3.55. The first kappa shape index (κ1) is 17.5. The fourth-order valence-corrected chi connectivity index (χ4v) is 2.48. The van der Waals surface area contributed by atoms with Crippen molar-refractivity contribution in [1.29, 1.82) is 0 Å². The van der Waals surface area contributed by atoms with Crippen molar-refractivity contribution in [3.8, 4) is 23.0 Å². The monoisotopic (exact) mass is 353 g/mol. The molecular weight excluding hydrogens is 334 g/mol. The highest BCUT2D eigenvalue weighted by Gasteiger charge is 2.12. The number of ether oxygens (including phenoxy) is 2. The molecule has 0 spiro atoms. The molecule has 2 aromatic carbocycles. The number of hydrogen-bond donors (Lipinski definition) is 1. The number of aryl methyl sites for hydroxylation is 2. The van der Waals surface area contributed by atoms with Gasteiger partial charge in [-0.05, 0) is 38.1 Å². The molecular formula is C19H19N3O4. The molecule has 26 heavy (non-hydrogen) atoms. The van der Waals surface area contributed by atoms with Gasteiger partial charge in [0, 0.05) is 11.6 Å². The maximum atomic E-state index is 12.0. The fraction of sp³-hybridized carbons (Fsp3) is 0.211. The first-order chi connectivity index (χ1) is 12.5. The molecule has 3 aromatic rings. The molecule has 1 heterocycles. The summed E-state index contributed by atoms with van der Waals surface area (Å²) >= 11 is 0. The van der Waals surface area contributed by atoms with E-state index in [0.717, 1.165) is 16.7 Å². The highest BCUT2D eigenvalue weighted by Crippen LogP contribution is 2.22. The molecule has 1 aromatic heterocycles. The van der Waals surface area contributed by atoms with Crippen LogP contribution in [0.15, 0.2) is 46.9 Å². The molecule has 0 saturated carbocycles. The molecule has 0 bridgehead atoms. The average Bonchev–Trinajstić information content (AvgIpc) is 3.08. The van der Waals surface area contributed by atoms with E-state index in [0.29, 0.717) is 17.4 Å². The minimum atomic E-state index is -0.400. The molecule has 0 aliphatic rings. The number of aromatic nitrogens is 2. The molecule has 3 rings (SSSR count). The van der Waals surface area contributed by atoms with Crippen LogP contribution in [0.5, 0.6) is 11.5 Å². The number of rotatable bonds is 6. The second-order valence-electron chi connectivity index (χ2n) is 5.80. The molecule has 0 radical (unpaired) electrons. The minimum Gasteiger partial charge on any atom is -0.497 e. The summed E-state index contributed by atoms with van der Waals surface area (Å²) in [7, 11) is 1.56. The molecule has 1 amide bonds. The lowest BCUT2D eigenvalue weighted by atomic mass is 10.1. The Bertz CT molecular complexity index is 900. The Morgan fingerprint density at radius 1 is 1.08 bits per heavy atom. The van der Waals surface area contributed by atoms with Crippen molar-refractivity contribution in [2.75, 3.05) is 19.0 Å². The first-order valence-electron chi connectivity index (χ1n) is 8.02. The van der Waals surface area contributed by atoms with Gasteiger partial charge in [0.05, 0.1) is 7.11 Å². The quantitative estimate of drug-likeness (QED) is 0.731. The van der Waals surface area contributed by atoms with Crippen molar-refractivity contribution >= 4 is 11.9 Å². The predicted octanol–water partition coefficient (Wildman–Crippen LogP) is 3.38. The summed E-state index contributed by atoms with van der Waals surface area (Å²) in [5, 5.41) is 10.3. The van der Waals surface area contributed by atoms with Crippen LogP contribution < -0.4 is 14.8 Å². The standard InChI is InChI=1S/C19H19N3O4/c1-12-7-13(2)9-14(8-12)18-21-22-19(26-18)20-17(23)11-25-16-6-4-5-15(10-16)24-3/h4-10H,11H2,1-3H3,(H,20,22,23). The van der Waals surface area contributed by atoms with E-state index in [9.17, 15) is 4.79 Å². The van der Waals surface area contributed by atoms with Gasteiger partial charge in [0.2, 0.25) is 5.89 Å². The van der Waals surface area contributed by atoms with Crippen LogP contribution in [0.2, 0.25) is 0 Å². The van der Waals surface area contributed by atoms with Gasteiger partial charge in [-0.15, -0.1) is 5.10 Å². The van der Waals surface area contributed by atoms with E-state index >= 15 is 0 Å². The van der Waals surface area contributed by atoms with Gasteiger partial charge in [0.25, 0.3) is 5.91 Å². The number of carbonyl (C=O) groups excluding carboxylic acids is 1. The van der Waals surface area contributed by atoms with Crippen LogP contribution in [0.4, 0.5) is 6.01 Å². The normalized spacial score (nSPS) is 10.4. The number of carbonyl (C=O) groups is 1. The van der Waals surface area contributed by atoms with E-state index in [1.165, 1.54) is 0 Å².